The van der Waals surface area contributed by atoms with E-state index in [0.717, 1.165) is 9.35 Å². The maximum absolute atomic E-state index is 13.4. The third-order valence-corrected chi connectivity index (χ3v) is 6.95. The summed E-state index contributed by atoms with van der Waals surface area (Å²) in [6, 6.07) is 16.0. The van der Waals surface area contributed by atoms with Gasteiger partial charge in [0.05, 0.1) is 27.3 Å². The first kappa shape index (κ1) is 19.3. The van der Waals surface area contributed by atoms with Crippen molar-refractivity contribution in [3.8, 4) is 11.5 Å². The van der Waals surface area contributed by atoms with Gasteiger partial charge in [0, 0.05) is 5.56 Å². The zero-order chi connectivity index (χ0) is 20.9. The molecule has 3 heterocycles. The highest BCUT2D eigenvalue weighted by Crippen LogP contribution is 2.44. The largest absolute Gasteiger partial charge is 0.454 e. The number of hydrogen-bond acceptors (Lipinski definition) is 6. The van der Waals surface area contributed by atoms with Crippen molar-refractivity contribution in [1.82, 2.24) is 0 Å². The number of anilines is 1. The summed E-state index contributed by atoms with van der Waals surface area (Å²) in [5, 5.41) is 11.4. The van der Waals surface area contributed by atoms with E-state index in [9.17, 15) is 14.7 Å². The lowest BCUT2D eigenvalue weighted by Crippen LogP contribution is -2.41. The number of nitrogens with zero attached hydrogens (tertiary/aromatic N) is 1. The summed E-state index contributed by atoms with van der Waals surface area (Å²) >= 11 is 4.62. The van der Waals surface area contributed by atoms with Gasteiger partial charge in [0.1, 0.15) is 0 Å². The van der Waals surface area contributed by atoms with Gasteiger partial charge < -0.3 is 19.5 Å². The van der Waals surface area contributed by atoms with Crippen LogP contribution in [0, 0.1) is 0 Å². The summed E-state index contributed by atoms with van der Waals surface area (Å²) in [6.45, 7) is 0.415. The molecule has 0 saturated heterocycles. The predicted molar refractivity (Wildman–Crippen MR) is 115 cm³/mol. The molecule has 5 rings (SSSR count). The van der Waals surface area contributed by atoms with Crippen molar-refractivity contribution in [2.75, 3.05) is 11.7 Å². The van der Waals surface area contributed by atoms with E-state index >= 15 is 0 Å². The van der Waals surface area contributed by atoms with Crippen molar-refractivity contribution >= 4 is 44.6 Å². The van der Waals surface area contributed by atoms with Crippen molar-refractivity contribution in [3.05, 3.63) is 74.4 Å². The van der Waals surface area contributed by atoms with Crippen molar-refractivity contribution in [2.45, 2.75) is 18.6 Å². The lowest BCUT2D eigenvalue weighted by molar-refractivity contribution is -0.136. The molecule has 0 bridgehead atoms. The molecule has 0 aliphatic carbocycles. The molecule has 0 saturated carbocycles. The molecule has 0 radical (unpaired) electrons. The number of fused-ring (bicyclic) bond motifs is 2. The molecule has 0 fully saturated rings. The summed E-state index contributed by atoms with van der Waals surface area (Å²) in [4.78, 5) is 28.2. The van der Waals surface area contributed by atoms with E-state index in [0.29, 0.717) is 27.6 Å². The molecule has 1 amide bonds. The van der Waals surface area contributed by atoms with Crippen LogP contribution in [0.25, 0.3) is 0 Å². The Morgan fingerprint density at radius 2 is 1.93 bits per heavy atom. The number of ether oxygens (including phenoxy) is 2. The Kier molecular flexibility index (Phi) is 4.65. The van der Waals surface area contributed by atoms with Gasteiger partial charge in [-0.3, -0.25) is 9.59 Å². The van der Waals surface area contributed by atoms with Crippen LogP contribution in [0.15, 0.2) is 58.4 Å². The molecule has 8 heteroatoms. The molecular formula is C22H16BrNO5S. The number of thiophene rings is 1. The van der Waals surface area contributed by atoms with E-state index in [1.807, 2.05) is 18.2 Å². The fourth-order valence-corrected chi connectivity index (χ4v) is 5.16. The maximum atomic E-state index is 13.4. The van der Waals surface area contributed by atoms with Gasteiger partial charge in [0.15, 0.2) is 22.9 Å². The summed E-state index contributed by atoms with van der Waals surface area (Å²) < 4.78 is 11.6. The molecule has 1 aromatic heterocycles. The van der Waals surface area contributed by atoms with Gasteiger partial charge in [0.25, 0.3) is 5.91 Å². The molecule has 0 spiro atoms. The highest BCUT2D eigenvalue weighted by molar-refractivity contribution is 9.11. The number of aliphatic hydroxyl groups is 1. The van der Waals surface area contributed by atoms with Gasteiger partial charge in [-0.25, -0.2) is 0 Å². The van der Waals surface area contributed by atoms with Crippen LogP contribution >= 0.6 is 27.3 Å². The minimum atomic E-state index is -1.90. The first-order valence-corrected chi connectivity index (χ1v) is 10.9. The number of halogens is 1. The van der Waals surface area contributed by atoms with Crippen LogP contribution in [0.1, 0.15) is 27.2 Å². The molecule has 1 N–H and O–H groups in total. The number of carbonyl (C=O) groups excluding carboxylic acids is 2. The summed E-state index contributed by atoms with van der Waals surface area (Å²) in [6.07, 6.45) is -0.312. The first-order valence-electron chi connectivity index (χ1n) is 9.26. The van der Waals surface area contributed by atoms with E-state index in [2.05, 4.69) is 15.9 Å². The quantitative estimate of drug-likeness (QED) is 0.546. The molecule has 2 aromatic carbocycles. The van der Waals surface area contributed by atoms with Gasteiger partial charge in [-0.15, -0.1) is 11.3 Å². The van der Waals surface area contributed by atoms with Crippen LogP contribution < -0.4 is 14.4 Å². The highest BCUT2D eigenvalue weighted by atomic mass is 79.9. The monoisotopic (exact) mass is 485 g/mol. The fourth-order valence-electron chi connectivity index (χ4n) is 3.84. The van der Waals surface area contributed by atoms with E-state index < -0.39 is 11.5 Å². The molecule has 30 heavy (non-hydrogen) atoms. The summed E-state index contributed by atoms with van der Waals surface area (Å²) in [5.41, 5.74) is -0.0248. The van der Waals surface area contributed by atoms with E-state index in [1.165, 1.54) is 16.2 Å². The van der Waals surface area contributed by atoms with E-state index in [-0.39, 0.29) is 25.5 Å². The zero-order valence-corrected chi connectivity index (χ0v) is 18.0. The first-order chi connectivity index (χ1) is 14.5. The Labute approximate surface area is 184 Å². The number of benzene rings is 2. The van der Waals surface area contributed by atoms with Gasteiger partial charge in [0.2, 0.25) is 6.79 Å². The topological polar surface area (TPSA) is 76.1 Å². The van der Waals surface area contributed by atoms with Gasteiger partial charge in [-0.2, -0.15) is 0 Å². The Morgan fingerprint density at radius 1 is 1.13 bits per heavy atom. The van der Waals surface area contributed by atoms with Crippen LogP contribution in [-0.2, 0) is 16.9 Å². The standard InChI is InChI=1S/C22H16BrNO5S/c23-20-8-7-19(30-20)16(25)10-22(27)14-3-1-2-4-15(14)24(21(22)26)11-13-5-6-17-18(9-13)29-12-28-17/h1-9,27H,10-12H2. The lowest BCUT2D eigenvalue weighted by Gasteiger charge is -2.22. The fraction of sp³-hybridized carbons (Fsp3) is 0.182. The number of Topliss-reactive ketones (excluding diaryl/α,β-unsaturated/α-hetero) is 1. The summed E-state index contributed by atoms with van der Waals surface area (Å²) in [7, 11) is 0. The molecule has 6 nitrogen and oxygen atoms in total. The van der Waals surface area contributed by atoms with Crippen molar-refractivity contribution < 1.29 is 24.2 Å². The predicted octanol–water partition coefficient (Wildman–Crippen LogP) is 4.25. The van der Waals surface area contributed by atoms with Crippen molar-refractivity contribution in [1.29, 1.82) is 0 Å². The summed E-state index contributed by atoms with van der Waals surface area (Å²) in [5.74, 6) is 0.504. The Bertz CT molecular complexity index is 1180. The second-order valence-corrected chi connectivity index (χ2v) is 9.62. The van der Waals surface area contributed by atoms with Gasteiger partial charge in [-0.05, 0) is 51.8 Å². The number of rotatable bonds is 5. The third kappa shape index (κ3) is 3.12. The minimum Gasteiger partial charge on any atom is -0.454 e. The van der Waals surface area contributed by atoms with Gasteiger partial charge in [-0.1, -0.05) is 24.3 Å². The average molecular weight is 486 g/mol. The van der Waals surface area contributed by atoms with Crippen LogP contribution in [0.5, 0.6) is 11.5 Å². The smallest absolute Gasteiger partial charge is 0.264 e. The second-order valence-electron chi connectivity index (χ2n) is 7.16. The molecule has 2 aliphatic heterocycles. The van der Waals surface area contributed by atoms with E-state index in [4.69, 9.17) is 9.47 Å². The van der Waals surface area contributed by atoms with Crippen LogP contribution in [-0.4, -0.2) is 23.6 Å². The Hall–Kier alpha value is -2.68. The Balaban J connectivity index is 1.47. The van der Waals surface area contributed by atoms with Crippen molar-refractivity contribution in [2.24, 2.45) is 0 Å². The molecule has 2 aliphatic rings. The van der Waals surface area contributed by atoms with Crippen molar-refractivity contribution in [3.63, 3.8) is 0 Å². The lowest BCUT2D eigenvalue weighted by atomic mass is 9.89. The zero-order valence-electron chi connectivity index (χ0n) is 15.6. The molecule has 1 unspecified atom stereocenters. The van der Waals surface area contributed by atoms with Gasteiger partial charge >= 0.3 is 0 Å². The minimum absolute atomic E-state index is 0.172. The second kappa shape index (κ2) is 7.23. The average Bonchev–Trinajstić information content (AvgIpc) is 3.43. The molecule has 1 atom stereocenters. The Morgan fingerprint density at radius 3 is 2.73 bits per heavy atom. The normalized spacial score (nSPS) is 19.3. The SMILES string of the molecule is O=C(CC1(O)C(=O)N(Cc2ccc3c(c2)OCO3)c2ccccc21)c1ccc(Br)s1. The van der Waals surface area contributed by atoms with E-state index in [1.54, 1.807) is 36.4 Å². The number of para-hydroxylation sites is 1. The highest BCUT2D eigenvalue weighted by Gasteiger charge is 2.50. The van der Waals surface area contributed by atoms with Crippen LogP contribution in [0.2, 0.25) is 0 Å². The third-order valence-electron chi connectivity index (χ3n) is 5.28. The molecular weight excluding hydrogens is 470 g/mol. The number of carbonyl (C=O) groups is 2. The van der Waals surface area contributed by atoms with Crippen LogP contribution in [0.3, 0.4) is 0 Å². The maximum Gasteiger partial charge on any atom is 0.264 e. The van der Waals surface area contributed by atoms with Crippen LogP contribution in [0.4, 0.5) is 5.69 Å². The molecule has 152 valence electrons. The number of hydrogen-bond donors (Lipinski definition) is 1. The molecule has 3 aromatic rings. The number of amides is 1. The number of ketones is 1.